The molecule has 2 nitrogen and oxygen atoms in total. The second-order valence-electron chi connectivity index (χ2n) is 5.02. The van der Waals surface area contributed by atoms with E-state index in [2.05, 4.69) is 35.1 Å². The first-order valence-electron chi connectivity index (χ1n) is 7.36. The first-order chi connectivity index (χ1) is 11.3. The molecule has 0 heterocycles. The van der Waals surface area contributed by atoms with Crippen LogP contribution in [0.5, 0.6) is 0 Å². The molecule has 3 rings (SSSR count). The number of nitrogens with one attached hydrogen (secondary N) is 2. The zero-order valence-corrected chi connectivity index (χ0v) is 14.1. The van der Waals surface area contributed by atoms with Crippen molar-refractivity contribution in [2.24, 2.45) is 0 Å². The van der Waals surface area contributed by atoms with Gasteiger partial charge in [-0.15, -0.1) is 0 Å². The zero-order valence-electron chi connectivity index (χ0n) is 12.5. The molecule has 0 saturated heterocycles. The molecule has 0 aliphatic rings. The van der Waals surface area contributed by atoms with Crippen molar-refractivity contribution in [2.45, 2.75) is 16.3 Å². The molecule has 0 aliphatic heterocycles. The molecular formula is C19H17ClN2S. The minimum atomic E-state index is 0.756. The summed E-state index contributed by atoms with van der Waals surface area (Å²) in [6.45, 7) is 0.756. The lowest BCUT2D eigenvalue weighted by atomic mass is 10.2. The summed E-state index contributed by atoms with van der Waals surface area (Å²) >= 11 is 7.87. The van der Waals surface area contributed by atoms with Gasteiger partial charge in [0.2, 0.25) is 0 Å². The van der Waals surface area contributed by atoms with Crippen LogP contribution in [0.4, 0.5) is 5.69 Å². The van der Waals surface area contributed by atoms with Gasteiger partial charge in [-0.2, -0.15) is 0 Å². The number of anilines is 1. The first kappa shape index (κ1) is 15.9. The van der Waals surface area contributed by atoms with E-state index >= 15 is 0 Å². The van der Waals surface area contributed by atoms with Crippen molar-refractivity contribution in [3.63, 3.8) is 0 Å². The van der Waals surface area contributed by atoms with E-state index in [1.165, 1.54) is 10.5 Å². The van der Waals surface area contributed by atoms with E-state index in [0.29, 0.717) is 0 Å². The highest BCUT2D eigenvalue weighted by Crippen LogP contribution is 2.32. The summed E-state index contributed by atoms with van der Waals surface area (Å²) in [6.07, 6.45) is 0. The molecule has 3 aromatic rings. The molecule has 2 N–H and O–H groups in total. The van der Waals surface area contributed by atoms with E-state index in [1.54, 1.807) is 11.8 Å². The Morgan fingerprint density at radius 1 is 0.783 bits per heavy atom. The molecule has 0 aliphatic carbocycles. The Morgan fingerprint density at radius 2 is 1.48 bits per heavy atom. The number of para-hydroxylation sites is 1. The van der Waals surface area contributed by atoms with Gasteiger partial charge >= 0.3 is 0 Å². The van der Waals surface area contributed by atoms with E-state index in [9.17, 15) is 0 Å². The standard InChI is InChI=1S/C19H17ClN2S/c20-18-8-4-5-9-19(18)23-17-12-10-15(11-13-17)14-21-22-16-6-2-1-3-7-16/h1-13,21-22H,14H2. The normalized spacial score (nSPS) is 10.5. The van der Waals surface area contributed by atoms with Crippen molar-refractivity contribution in [3.05, 3.63) is 89.4 Å². The summed E-state index contributed by atoms with van der Waals surface area (Å²) in [5, 5.41) is 0.787. The third-order valence-electron chi connectivity index (χ3n) is 3.29. The quantitative estimate of drug-likeness (QED) is 0.570. The van der Waals surface area contributed by atoms with Crippen LogP contribution in [0.15, 0.2) is 88.7 Å². The van der Waals surface area contributed by atoms with Gasteiger partial charge < -0.3 is 5.43 Å². The van der Waals surface area contributed by atoms with Gasteiger partial charge in [-0.1, -0.05) is 65.8 Å². The Labute approximate surface area is 145 Å². The number of halogens is 1. The topological polar surface area (TPSA) is 24.1 Å². The van der Waals surface area contributed by atoms with Gasteiger partial charge in [0.05, 0.1) is 5.02 Å². The van der Waals surface area contributed by atoms with Crippen LogP contribution in [0.2, 0.25) is 5.02 Å². The lowest BCUT2D eigenvalue weighted by Gasteiger charge is -2.09. The monoisotopic (exact) mass is 340 g/mol. The van der Waals surface area contributed by atoms with Crippen molar-refractivity contribution in [1.82, 2.24) is 5.43 Å². The zero-order chi connectivity index (χ0) is 15.9. The average molecular weight is 341 g/mol. The van der Waals surface area contributed by atoms with Gasteiger partial charge in [-0.3, -0.25) is 0 Å². The van der Waals surface area contributed by atoms with E-state index in [1.807, 2.05) is 54.6 Å². The maximum Gasteiger partial charge on any atom is 0.0545 e. The van der Waals surface area contributed by atoms with Crippen LogP contribution in [0, 0.1) is 0 Å². The SMILES string of the molecule is Clc1ccccc1Sc1ccc(CNNc2ccccc2)cc1. The summed E-state index contributed by atoms with van der Waals surface area (Å²) in [5.74, 6) is 0. The first-order valence-corrected chi connectivity index (χ1v) is 8.56. The summed E-state index contributed by atoms with van der Waals surface area (Å²) < 4.78 is 0. The van der Waals surface area contributed by atoms with Gasteiger partial charge in [-0.05, 0) is 42.0 Å². The molecule has 0 fully saturated rings. The molecule has 23 heavy (non-hydrogen) atoms. The Hall–Kier alpha value is -1.94. The molecule has 116 valence electrons. The Bertz CT molecular complexity index is 745. The predicted octanol–water partition coefficient (Wildman–Crippen LogP) is 5.61. The van der Waals surface area contributed by atoms with Crippen LogP contribution in [0.3, 0.4) is 0 Å². The molecule has 4 heteroatoms. The van der Waals surface area contributed by atoms with Gasteiger partial charge in [0.25, 0.3) is 0 Å². The highest BCUT2D eigenvalue weighted by atomic mass is 35.5. The molecule has 0 saturated carbocycles. The molecular weight excluding hydrogens is 324 g/mol. The summed E-state index contributed by atoms with van der Waals surface area (Å²) in [5.41, 5.74) is 8.67. The summed E-state index contributed by atoms with van der Waals surface area (Å²) in [7, 11) is 0. The lowest BCUT2D eigenvalue weighted by molar-refractivity contribution is 0.800. The fourth-order valence-corrected chi connectivity index (χ4v) is 3.19. The second kappa shape index (κ2) is 8.06. The number of hydrogen-bond acceptors (Lipinski definition) is 3. The van der Waals surface area contributed by atoms with E-state index < -0.39 is 0 Å². The maximum atomic E-state index is 6.19. The molecule has 3 aromatic carbocycles. The molecule has 0 radical (unpaired) electrons. The Morgan fingerprint density at radius 3 is 2.22 bits per heavy atom. The molecule has 0 spiro atoms. The average Bonchev–Trinajstić information content (AvgIpc) is 2.59. The number of hydrazine groups is 1. The van der Waals surface area contributed by atoms with Crippen LogP contribution < -0.4 is 10.9 Å². The van der Waals surface area contributed by atoms with E-state index in [-0.39, 0.29) is 0 Å². The Kier molecular flexibility index (Phi) is 5.59. The predicted molar refractivity (Wildman–Crippen MR) is 98.9 cm³/mol. The number of hydrogen-bond donors (Lipinski definition) is 2. The van der Waals surface area contributed by atoms with E-state index in [4.69, 9.17) is 11.6 Å². The largest absolute Gasteiger partial charge is 0.321 e. The molecule has 0 atom stereocenters. The summed E-state index contributed by atoms with van der Waals surface area (Å²) in [4.78, 5) is 2.25. The van der Waals surface area contributed by atoms with E-state index in [0.717, 1.165) is 22.2 Å². The number of rotatable bonds is 6. The van der Waals surface area contributed by atoms with Crippen molar-refractivity contribution in [1.29, 1.82) is 0 Å². The number of benzene rings is 3. The highest BCUT2D eigenvalue weighted by molar-refractivity contribution is 7.99. The molecule has 0 aromatic heterocycles. The fraction of sp³-hybridized carbons (Fsp3) is 0.0526. The molecule has 0 unspecified atom stereocenters. The summed E-state index contributed by atoms with van der Waals surface area (Å²) in [6, 6.07) is 26.4. The minimum Gasteiger partial charge on any atom is -0.321 e. The van der Waals surface area contributed by atoms with Gasteiger partial charge in [-0.25, -0.2) is 5.43 Å². The minimum absolute atomic E-state index is 0.756. The fourth-order valence-electron chi connectivity index (χ4n) is 2.10. The second-order valence-corrected chi connectivity index (χ2v) is 6.54. The van der Waals surface area contributed by atoms with Crippen LogP contribution in [-0.2, 0) is 6.54 Å². The maximum absolute atomic E-state index is 6.19. The van der Waals surface area contributed by atoms with Crippen molar-refractivity contribution in [2.75, 3.05) is 5.43 Å². The van der Waals surface area contributed by atoms with Crippen molar-refractivity contribution in [3.8, 4) is 0 Å². The highest BCUT2D eigenvalue weighted by Gasteiger charge is 2.02. The Balaban J connectivity index is 1.54. The van der Waals surface area contributed by atoms with Crippen LogP contribution in [0.25, 0.3) is 0 Å². The lowest BCUT2D eigenvalue weighted by Crippen LogP contribution is -2.20. The van der Waals surface area contributed by atoms with Gasteiger partial charge in [0, 0.05) is 22.0 Å². The van der Waals surface area contributed by atoms with Crippen LogP contribution >= 0.6 is 23.4 Å². The third-order valence-corrected chi connectivity index (χ3v) is 4.81. The van der Waals surface area contributed by atoms with Crippen molar-refractivity contribution < 1.29 is 0 Å². The van der Waals surface area contributed by atoms with Crippen LogP contribution in [0.1, 0.15) is 5.56 Å². The molecule has 0 bridgehead atoms. The van der Waals surface area contributed by atoms with Crippen molar-refractivity contribution >= 4 is 29.1 Å². The third kappa shape index (κ3) is 4.76. The molecule has 0 amide bonds. The van der Waals surface area contributed by atoms with Gasteiger partial charge in [0.1, 0.15) is 0 Å². The van der Waals surface area contributed by atoms with Gasteiger partial charge in [0.15, 0.2) is 0 Å². The van der Waals surface area contributed by atoms with Crippen LogP contribution in [-0.4, -0.2) is 0 Å². The smallest absolute Gasteiger partial charge is 0.0545 e.